The summed E-state index contributed by atoms with van der Waals surface area (Å²) in [4.78, 5) is 21.9. The van der Waals surface area contributed by atoms with Gasteiger partial charge in [-0.1, -0.05) is 6.58 Å². The van der Waals surface area contributed by atoms with Crippen molar-refractivity contribution < 1.29 is 24.2 Å². The summed E-state index contributed by atoms with van der Waals surface area (Å²) in [5.41, 5.74) is -0.674. The van der Waals surface area contributed by atoms with E-state index in [9.17, 15) is 14.7 Å². The first-order valence-corrected chi connectivity index (χ1v) is 5.00. The Labute approximate surface area is 94.0 Å². The van der Waals surface area contributed by atoms with Crippen LogP contribution in [0.3, 0.4) is 0 Å². The summed E-state index contributed by atoms with van der Waals surface area (Å²) in [5.74, 6) is -0.986. The number of ether oxygens (including phenoxy) is 2. The van der Waals surface area contributed by atoms with Crippen LogP contribution in [0.2, 0.25) is 0 Å². The van der Waals surface area contributed by atoms with Gasteiger partial charge < -0.3 is 14.6 Å². The Hall–Kier alpha value is -1.36. The fourth-order valence-electron chi connectivity index (χ4n) is 1.98. The van der Waals surface area contributed by atoms with Crippen molar-refractivity contribution in [2.75, 3.05) is 0 Å². The van der Waals surface area contributed by atoms with E-state index in [-0.39, 0.29) is 6.42 Å². The number of aliphatic hydroxyl groups excluding tert-OH is 1. The number of rotatable bonds is 2. The molecule has 5 nitrogen and oxygen atoms in total. The van der Waals surface area contributed by atoms with Gasteiger partial charge in [-0.25, -0.2) is 0 Å². The molecule has 3 atom stereocenters. The van der Waals surface area contributed by atoms with Crippen molar-refractivity contribution in [2.45, 2.75) is 45.0 Å². The van der Waals surface area contributed by atoms with Gasteiger partial charge in [0.1, 0.15) is 0 Å². The average molecular weight is 228 g/mol. The lowest BCUT2D eigenvalue weighted by Gasteiger charge is -2.29. The van der Waals surface area contributed by atoms with Gasteiger partial charge in [-0.2, -0.15) is 0 Å². The molecule has 0 heterocycles. The first kappa shape index (κ1) is 12.7. The van der Waals surface area contributed by atoms with E-state index in [1.165, 1.54) is 13.8 Å². The Morgan fingerprint density at radius 1 is 1.44 bits per heavy atom. The Bertz CT molecular complexity index is 335. The van der Waals surface area contributed by atoms with Gasteiger partial charge in [-0.3, -0.25) is 9.59 Å². The molecule has 16 heavy (non-hydrogen) atoms. The molecule has 0 aromatic heterocycles. The van der Waals surface area contributed by atoms with Crippen LogP contribution in [0, 0.1) is 0 Å². The van der Waals surface area contributed by atoms with E-state index in [0.717, 1.165) is 0 Å². The molecule has 0 aromatic carbocycles. The van der Waals surface area contributed by atoms with Gasteiger partial charge in [0.2, 0.25) is 0 Å². The summed E-state index contributed by atoms with van der Waals surface area (Å²) in [6.07, 6.45) is -1.43. The molecule has 0 aromatic rings. The van der Waals surface area contributed by atoms with Crippen molar-refractivity contribution in [2.24, 2.45) is 0 Å². The smallest absolute Gasteiger partial charge is 0.303 e. The zero-order valence-electron chi connectivity index (χ0n) is 9.65. The van der Waals surface area contributed by atoms with Crippen LogP contribution in [-0.4, -0.2) is 34.9 Å². The summed E-state index contributed by atoms with van der Waals surface area (Å²) < 4.78 is 10.2. The lowest BCUT2D eigenvalue weighted by Crippen LogP contribution is -2.41. The van der Waals surface area contributed by atoms with Crippen LogP contribution >= 0.6 is 0 Å². The highest BCUT2D eigenvalue weighted by Gasteiger charge is 2.51. The lowest BCUT2D eigenvalue weighted by atomic mass is 10.0. The van der Waals surface area contributed by atoms with Gasteiger partial charge in [0.15, 0.2) is 11.7 Å². The normalized spacial score (nSPS) is 33.6. The molecule has 0 saturated heterocycles. The summed E-state index contributed by atoms with van der Waals surface area (Å²) in [5, 5.41) is 9.65. The Morgan fingerprint density at radius 2 is 2.00 bits per heavy atom. The largest absolute Gasteiger partial charge is 0.455 e. The number of hydrogen-bond acceptors (Lipinski definition) is 5. The molecule has 0 amide bonds. The third kappa shape index (κ3) is 2.41. The monoisotopic (exact) mass is 228 g/mol. The third-order valence-corrected chi connectivity index (χ3v) is 2.58. The molecule has 1 rings (SSSR count). The zero-order chi connectivity index (χ0) is 12.5. The Kier molecular flexibility index (Phi) is 3.38. The molecule has 90 valence electrons. The molecular formula is C11H16O5. The lowest BCUT2D eigenvalue weighted by molar-refractivity contribution is -0.174. The highest BCUT2D eigenvalue weighted by molar-refractivity contribution is 5.68. The number of carbonyl (C=O) groups is 2. The van der Waals surface area contributed by atoms with E-state index in [4.69, 9.17) is 9.47 Å². The van der Waals surface area contributed by atoms with Crippen LogP contribution in [0.5, 0.6) is 0 Å². The number of esters is 2. The molecular weight excluding hydrogens is 212 g/mol. The van der Waals surface area contributed by atoms with Crippen LogP contribution in [0.15, 0.2) is 12.2 Å². The van der Waals surface area contributed by atoms with E-state index in [1.807, 2.05) is 0 Å². The fraction of sp³-hybridized carbons (Fsp3) is 0.636. The summed E-state index contributed by atoms with van der Waals surface area (Å²) >= 11 is 0. The quantitative estimate of drug-likeness (QED) is 0.552. The molecule has 1 fully saturated rings. The molecule has 0 spiro atoms. The Balaban J connectivity index is 2.93. The highest BCUT2D eigenvalue weighted by atomic mass is 16.6. The molecule has 1 N–H and O–H groups in total. The van der Waals surface area contributed by atoms with Gasteiger partial charge in [-0.05, 0) is 12.5 Å². The first-order valence-electron chi connectivity index (χ1n) is 5.00. The van der Waals surface area contributed by atoms with Crippen molar-refractivity contribution in [3.8, 4) is 0 Å². The average Bonchev–Trinajstić information content (AvgIpc) is 2.27. The second kappa shape index (κ2) is 4.25. The fourth-order valence-corrected chi connectivity index (χ4v) is 1.98. The van der Waals surface area contributed by atoms with E-state index in [2.05, 4.69) is 6.58 Å². The summed E-state index contributed by atoms with van der Waals surface area (Å²) in [6, 6.07) is 0. The maximum Gasteiger partial charge on any atom is 0.303 e. The standard InChI is InChI=1S/C11H16O5/c1-6-9(14)5-11(4,16-8(3)13)10(6)15-7(2)12/h9-10,14H,1,5H2,2-4H3. The third-order valence-electron chi connectivity index (χ3n) is 2.58. The Morgan fingerprint density at radius 3 is 2.44 bits per heavy atom. The molecule has 1 saturated carbocycles. The van der Waals surface area contributed by atoms with E-state index >= 15 is 0 Å². The molecule has 1 aliphatic carbocycles. The predicted octanol–water partition coefficient (Wildman–Crippen LogP) is 0.561. The number of carbonyl (C=O) groups excluding carboxylic acids is 2. The number of aliphatic hydroxyl groups is 1. The minimum absolute atomic E-state index is 0.184. The molecule has 1 aliphatic rings. The van der Waals surface area contributed by atoms with E-state index in [0.29, 0.717) is 5.57 Å². The van der Waals surface area contributed by atoms with Crippen LogP contribution in [0.4, 0.5) is 0 Å². The van der Waals surface area contributed by atoms with E-state index < -0.39 is 29.7 Å². The molecule has 3 unspecified atom stereocenters. The van der Waals surface area contributed by atoms with Gasteiger partial charge in [-0.15, -0.1) is 0 Å². The van der Waals surface area contributed by atoms with Crippen LogP contribution < -0.4 is 0 Å². The van der Waals surface area contributed by atoms with Gasteiger partial charge >= 0.3 is 11.9 Å². The molecule has 0 bridgehead atoms. The molecule has 0 aliphatic heterocycles. The van der Waals surface area contributed by atoms with Crippen molar-refractivity contribution in [3.05, 3.63) is 12.2 Å². The van der Waals surface area contributed by atoms with Crippen molar-refractivity contribution >= 4 is 11.9 Å². The molecule has 0 radical (unpaired) electrons. The van der Waals surface area contributed by atoms with Crippen molar-refractivity contribution in [3.63, 3.8) is 0 Å². The van der Waals surface area contributed by atoms with Crippen molar-refractivity contribution in [1.82, 2.24) is 0 Å². The SMILES string of the molecule is C=C1C(O)CC(C)(OC(C)=O)C1OC(C)=O. The molecule has 5 heteroatoms. The number of hydrogen-bond donors (Lipinski definition) is 1. The van der Waals surface area contributed by atoms with Crippen LogP contribution in [0.25, 0.3) is 0 Å². The maximum atomic E-state index is 11.0. The van der Waals surface area contributed by atoms with Gasteiger partial charge in [0, 0.05) is 20.3 Å². The predicted molar refractivity (Wildman–Crippen MR) is 55.5 cm³/mol. The minimum atomic E-state index is -1.03. The van der Waals surface area contributed by atoms with Crippen LogP contribution in [0.1, 0.15) is 27.2 Å². The first-order chi connectivity index (χ1) is 7.26. The van der Waals surface area contributed by atoms with E-state index in [1.54, 1.807) is 6.92 Å². The maximum absolute atomic E-state index is 11.0. The highest BCUT2D eigenvalue weighted by Crippen LogP contribution is 2.38. The van der Waals surface area contributed by atoms with Crippen molar-refractivity contribution in [1.29, 1.82) is 0 Å². The minimum Gasteiger partial charge on any atom is -0.455 e. The second-order valence-corrected chi connectivity index (χ2v) is 4.19. The van der Waals surface area contributed by atoms with Gasteiger partial charge in [0.25, 0.3) is 0 Å². The topological polar surface area (TPSA) is 72.8 Å². The summed E-state index contributed by atoms with van der Waals surface area (Å²) in [6.45, 7) is 7.79. The second-order valence-electron chi connectivity index (χ2n) is 4.19. The summed E-state index contributed by atoms with van der Waals surface area (Å²) in [7, 11) is 0. The van der Waals surface area contributed by atoms with Crippen LogP contribution in [-0.2, 0) is 19.1 Å². The van der Waals surface area contributed by atoms with Gasteiger partial charge in [0.05, 0.1) is 6.10 Å². The zero-order valence-corrected chi connectivity index (χ0v) is 9.65.